The van der Waals surface area contributed by atoms with E-state index in [9.17, 15) is 27.6 Å². The van der Waals surface area contributed by atoms with Crippen molar-refractivity contribution in [3.8, 4) is 0 Å². The summed E-state index contributed by atoms with van der Waals surface area (Å²) in [6.45, 7) is 3.36. The van der Waals surface area contributed by atoms with Crippen LogP contribution in [0.2, 0.25) is 5.02 Å². The van der Waals surface area contributed by atoms with Crippen molar-refractivity contribution in [1.29, 1.82) is 0 Å². The van der Waals surface area contributed by atoms with Gasteiger partial charge in [0.05, 0.1) is 5.75 Å². The average Bonchev–Trinajstić information content (AvgIpc) is 3.55. The lowest BCUT2D eigenvalue weighted by Crippen LogP contribution is -2.54. The highest BCUT2D eigenvalue weighted by atomic mass is 35.5. The van der Waals surface area contributed by atoms with E-state index in [-0.39, 0.29) is 62.0 Å². The van der Waals surface area contributed by atoms with Crippen LogP contribution in [0.5, 0.6) is 0 Å². The lowest BCUT2D eigenvalue weighted by Gasteiger charge is -2.36. The van der Waals surface area contributed by atoms with Gasteiger partial charge in [-0.15, -0.1) is 0 Å². The minimum absolute atomic E-state index is 0.000224. The first kappa shape index (κ1) is 36.3. The molecule has 0 spiro atoms. The Morgan fingerprint density at radius 3 is 2.38 bits per heavy atom. The molecule has 2 saturated heterocycles. The molecule has 2 fully saturated rings. The van der Waals surface area contributed by atoms with E-state index in [1.54, 1.807) is 65.4 Å². The summed E-state index contributed by atoms with van der Waals surface area (Å²) in [7, 11) is -2.29. The maximum Gasteiger partial charge on any atom is 0.243 e. The number of halogens is 1. The zero-order valence-corrected chi connectivity index (χ0v) is 28.6. The highest BCUT2D eigenvalue weighted by molar-refractivity contribution is 7.88. The number of benzene rings is 2. The van der Waals surface area contributed by atoms with E-state index in [1.165, 1.54) is 11.8 Å². The third-order valence-electron chi connectivity index (χ3n) is 9.00. The topological polar surface area (TPSA) is 162 Å². The molecule has 2 aliphatic heterocycles. The molecule has 4 amide bonds. The number of amides is 4. The summed E-state index contributed by atoms with van der Waals surface area (Å²) < 4.78 is 29.1. The van der Waals surface area contributed by atoms with Gasteiger partial charge in [-0.1, -0.05) is 48.0 Å². The van der Waals surface area contributed by atoms with Gasteiger partial charge in [-0.2, -0.15) is 0 Å². The smallest absolute Gasteiger partial charge is 0.243 e. The van der Waals surface area contributed by atoms with Gasteiger partial charge in [-0.25, -0.2) is 13.1 Å². The van der Waals surface area contributed by atoms with Gasteiger partial charge in [-0.05, 0) is 60.9 Å². The van der Waals surface area contributed by atoms with Crippen molar-refractivity contribution in [1.82, 2.24) is 24.7 Å². The van der Waals surface area contributed by atoms with Crippen LogP contribution in [0, 0.1) is 0 Å². The van der Waals surface area contributed by atoms with Gasteiger partial charge in [0.15, 0.2) is 0 Å². The standard InChI is InChI=1S/C33H45ClN6O6S/c1-23(41)39-17-14-28(15-18-39)38(2)31(42)13-12-29(37-47(45,46)22-24-7-4-3-5-8-24)33(44)40-16-6-9-30(40)32(43)36-21-26-19-27(34)11-10-25(26)20-35/h3-5,7-8,10-11,19,28-30,37H,6,9,12-18,20-22,35H2,1-2H3,(H,36,43). The Kier molecular flexibility index (Phi) is 12.8. The first-order chi connectivity index (χ1) is 22.4. The zero-order valence-electron chi connectivity index (χ0n) is 27.0. The van der Waals surface area contributed by atoms with E-state index in [0.29, 0.717) is 49.4 Å². The van der Waals surface area contributed by atoms with Gasteiger partial charge >= 0.3 is 0 Å². The second-order valence-corrected chi connectivity index (χ2v) is 14.4. The number of nitrogens with two attached hydrogens (primary N) is 1. The maximum atomic E-state index is 14.0. The number of likely N-dealkylation sites (tertiary alicyclic amines) is 2. The highest BCUT2D eigenvalue weighted by Crippen LogP contribution is 2.23. The summed E-state index contributed by atoms with van der Waals surface area (Å²) in [6.07, 6.45) is 2.12. The number of hydrogen-bond acceptors (Lipinski definition) is 7. The first-order valence-corrected chi connectivity index (χ1v) is 18.0. The normalized spacial score (nSPS) is 17.7. The van der Waals surface area contributed by atoms with Crippen LogP contribution in [0.1, 0.15) is 62.1 Å². The Morgan fingerprint density at radius 1 is 1.02 bits per heavy atom. The molecule has 2 aromatic rings. The maximum absolute atomic E-state index is 14.0. The molecule has 2 heterocycles. The summed E-state index contributed by atoms with van der Waals surface area (Å²) in [5.41, 5.74) is 8.00. The van der Waals surface area contributed by atoms with Crippen LogP contribution in [0.25, 0.3) is 0 Å². The van der Waals surface area contributed by atoms with Gasteiger partial charge in [0, 0.05) is 64.2 Å². The van der Waals surface area contributed by atoms with Gasteiger partial charge in [0.2, 0.25) is 33.7 Å². The number of hydrogen-bond donors (Lipinski definition) is 3. The SMILES string of the molecule is CC(=O)N1CCC(N(C)C(=O)CCC(NS(=O)(=O)Cc2ccccc2)C(=O)N2CCCC2C(=O)NCc2cc(Cl)ccc2CN)CC1. The highest BCUT2D eigenvalue weighted by Gasteiger charge is 2.39. The molecule has 2 aromatic carbocycles. The fourth-order valence-electron chi connectivity index (χ4n) is 6.26. The van der Waals surface area contributed by atoms with Crippen LogP contribution >= 0.6 is 11.6 Å². The molecular weight excluding hydrogens is 644 g/mol. The lowest BCUT2D eigenvalue weighted by atomic mass is 10.0. The largest absolute Gasteiger partial charge is 0.350 e. The third kappa shape index (κ3) is 9.99. The van der Waals surface area contributed by atoms with E-state index in [1.807, 2.05) is 0 Å². The van der Waals surface area contributed by atoms with Gasteiger partial charge in [-0.3, -0.25) is 19.2 Å². The van der Waals surface area contributed by atoms with Crippen molar-refractivity contribution in [2.45, 2.75) is 82.4 Å². The molecule has 4 N–H and O–H groups in total. The monoisotopic (exact) mass is 688 g/mol. The fraction of sp³-hybridized carbons (Fsp3) is 0.515. The number of carbonyl (C=O) groups excluding carboxylic acids is 4. The Bertz CT molecular complexity index is 1530. The van der Waals surface area contributed by atoms with E-state index >= 15 is 0 Å². The molecule has 0 radical (unpaired) electrons. The van der Waals surface area contributed by atoms with Crippen molar-refractivity contribution < 1.29 is 27.6 Å². The molecule has 47 heavy (non-hydrogen) atoms. The molecule has 256 valence electrons. The van der Waals surface area contributed by atoms with E-state index < -0.39 is 28.0 Å². The molecule has 0 aliphatic carbocycles. The van der Waals surface area contributed by atoms with Crippen molar-refractivity contribution in [2.24, 2.45) is 5.73 Å². The number of sulfonamides is 1. The number of nitrogens with one attached hydrogen (secondary N) is 2. The molecule has 0 aromatic heterocycles. The third-order valence-corrected chi connectivity index (χ3v) is 10.6. The van der Waals surface area contributed by atoms with Crippen LogP contribution in [-0.2, 0) is 48.0 Å². The quantitative estimate of drug-likeness (QED) is 0.291. The van der Waals surface area contributed by atoms with Crippen LogP contribution in [0.4, 0.5) is 0 Å². The number of nitrogens with zero attached hydrogens (tertiary/aromatic N) is 3. The summed E-state index contributed by atoms with van der Waals surface area (Å²) in [4.78, 5) is 57.2. The summed E-state index contributed by atoms with van der Waals surface area (Å²) >= 11 is 6.15. The van der Waals surface area contributed by atoms with Crippen molar-refractivity contribution >= 4 is 45.3 Å². The fourth-order valence-corrected chi connectivity index (χ4v) is 7.82. The first-order valence-electron chi connectivity index (χ1n) is 16.0. The Balaban J connectivity index is 1.46. The molecule has 2 aliphatic rings. The van der Waals surface area contributed by atoms with Crippen LogP contribution in [0.15, 0.2) is 48.5 Å². The number of piperidine rings is 1. The Hall–Kier alpha value is -3.52. The Labute approximate surface area is 282 Å². The van der Waals surface area contributed by atoms with Crippen molar-refractivity contribution in [3.63, 3.8) is 0 Å². The molecular formula is C33H45ClN6O6S. The lowest BCUT2D eigenvalue weighted by molar-refractivity contribution is -0.140. The number of rotatable bonds is 13. The minimum Gasteiger partial charge on any atom is -0.350 e. The molecule has 12 nitrogen and oxygen atoms in total. The Morgan fingerprint density at radius 2 is 1.72 bits per heavy atom. The average molecular weight is 689 g/mol. The number of carbonyl (C=O) groups is 4. The van der Waals surface area contributed by atoms with E-state index in [2.05, 4.69) is 10.0 Å². The van der Waals surface area contributed by atoms with Crippen molar-refractivity contribution in [3.05, 3.63) is 70.2 Å². The molecule has 4 rings (SSSR count). The predicted octanol–water partition coefficient (Wildman–Crippen LogP) is 2.14. The van der Waals surface area contributed by atoms with E-state index in [0.717, 1.165) is 11.1 Å². The summed E-state index contributed by atoms with van der Waals surface area (Å²) in [5, 5.41) is 3.40. The second-order valence-electron chi connectivity index (χ2n) is 12.2. The zero-order chi connectivity index (χ0) is 34.1. The second kappa shape index (κ2) is 16.5. The van der Waals surface area contributed by atoms with E-state index in [4.69, 9.17) is 17.3 Å². The molecule has 2 unspecified atom stereocenters. The molecule has 14 heteroatoms. The van der Waals surface area contributed by atoms with Crippen molar-refractivity contribution in [2.75, 3.05) is 26.7 Å². The van der Waals surface area contributed by atoms with Crippen LogP contribution in [-0.4, -0.2) is 91.6 Å². The van der Waals surface area contributed by atoms with Crippen LogP contribution in [0.3, 0.4) is 0 Å². The van der Waals surface area contributed by atoms with Gasteiger partial charge < -0.3 is 25.8 Å². The minimum atomic E-state index is -3.99. The predicted molar refractivity (Wildman–Crippen MR) is 179 cm³/mol. The summed E-state index contributed by atoms with van der Waals surface area (Å²) in [6, 6.07) is 11.8. The van der Waals surface area contributed by atoms with Gasteiger partial charge in [0.1, 0.15) is 12.1 Å². The van der Waals surface area contributed by atoms with Gasteiger partial charge in [0.25, 0.3) is 0 Å². The molecule has 0 saturated carbocycles. The molecule has 0 bridgehead atoms. The summed E-state index contributed by atoms with van der Waals surface area (Å²) in [5.74, 6) is -1.47. The van der Waals surface area contributed by atoms with Crippen LogP contribution < -0.4 is 15.8 Å². The molecule has 2 atom stereocenters.